The monoisotopic (exact) mass is 304 g/mol. The summed E-state index contributed by atoms with van der Waals surface area (Å²) in [7, 11) is 0. The molecule has 0 saturated carbocycles. The molecule has 0 radical (unpaired) electrons. The molecule has 1 unspecified atom stereocenters. The summed E-state index contributed by atoms with van der Waals surface area (Å²) in [5.74, 6) is -3.01. The van der Waals surface area contributed by atoms with E-state index in [0.29, 0.717) is 18.9 Å². The number of nitrogens with zero attached hydrogens (tertiary/aromatic N) is 1. The van der Waals surface area contributed by atoms with Gasteiger partial charge in [-0.1, -0.05) is 11.6 Å². The molecule has 1 aliphatic heterocycles. The Morgan fingerprint density at radius 1 is 1.40 bits per heavy atom. The Morgan fingerprint density at radius 3 is 2.70 bits per heavy atom. The Hall–Kier alpha value is -1.89. The molecule has 2 amide bonds. The molecule has 0 spiro atoms. The third kappa shape index (κ3) is 2.82. The number of halogens is 3. The molecule has 1 aliphatic rings. The van der Waals surface area contributed by atoms with Crippen molar-refractivity contribution in [2.45, 2.75) is 18.9 Å². The van der Waals surface area contributed by atoms with Crippen LogP contribution in [-0.2, 0) is 4.79 Å². The van der Waals surface area contributed by atoms with Crippen molar-refractivity contribution in [3.05, 3.63) is 28.8 Å². The number of carboxylic acids is 1. The predicted molar refractivity (Wildman–Crippen MR) is 67.8 cm³/mol. The van der Waals surface area contributed by atoms with Crippen LogP contribution in [-0.4, -0.2) is 34.6 Å². The number of hydrogen-bond donors (Lipinski definition) is 2. The van der Waals surface area contributed by atoms with Crippen molar-refractivity contribution in [3.8, 4) is 0 Å². The Labute approximate surface area is 118 Å². The van der Waals surface area contributed by atoms with Crippen LogP contribution in [0.25, 0.3) is 0 Å². The van der Waals surface area contributed by atoms with Crippen molar-refractivity contribution in [2.75, 3.05) is 11.9 Å². The van der Waals surface area contributed by atoms with Gasteiger partial charge in [0.25, 0.3) is 0 Å². The number of amides is 2. The molecule has 1 atom stereocenters. The molecule has 2 N–H and O–H groups in total. The summed E-state index contributed by atoms with van der Waals surface area (Å²) in [4.78, 5) is 24.0. The zero-order valence-corrected chi connectivity index (χ0v) is 11.0. The molecule has 0 bridgehead atoms. The van der Waals surface area contributed by atoms with Crippen LogP contribution in [0.15, 0.2) is 12.1 Å². The lowest BCUT2D eigenvalue weighted by Crippen LogP contribution is -2.43. The van der Waals surface area contributed by atoms with Gasteiger partial charge in [0.15, 0.2) is 5.82 Å². The van der Waals surface area contributed by atoms with Crippen LogP contribution >= 0.6 is 11.6 Å². The fourth-order valence-corrected chi connectivity index (χ4v) is 2.35. The zero-order chi connectivity index (χ0) is 14.9. The highest BCUT2D eigenvalue weighted by atomic mass is 35.5. The zero-order valence-electron chi connectivity index (χ0n) is 10.2. The maximum Gasteiger partial charge on any atom is 0.326 e. The Balaban J connectivity index is 2.18. The third-order valence-electron chi connectivity index (χ3n) is 3.04. The van der Waals surface area contributed by atoms with Gasteiger partial charge < -0.3 is 15.3 Å². The maximum absolute atomic E-state index is 13.5. The average Bonchev–Trinajstić information content (AvgIpc) is 2.82. The summed E-state index contributed by atoms with van der Waals surface area (Å²) in [5.41, 5.74) is -0.367. The summed E-state index contributed by atoms with van der Waals surface area (Å²) < 4.78 is 26.4. The smallest absolute Gasteiger partial charge is 0.326 e. The summed E-state index contributed by atoms with van der Waals surface area (Å²) in [6.07, 6.45) is 0.881. The van der Waals surface area contributed by atoms with Crippen LogP contribution in [0.5, 0.6) is 0 Å². The highest BCUT2D eigenvalue weighted by Crippen LogP contribution is 2.27. The van der Waals surface area contributed by atoms with E-state index in [1.165, 1.54) is 0 Å². The van der Waals surface area contributed by atoms with Gasteiger partial charge in [-0.05, 0) is 18.9 Å². The molecule has 1 saturated heterocycles. The van der Waals surface area contributed by atoms with Gasteiger partial charge in [0, 0.05) is 12.6 Å². The molecule has 20 heavy (non-hydrogen) atoms. The Kier molecular flexibility index (Phi) is 4.08. The van der Waals surface area contributed by atoms with Gasteiger partial charge >= 0.3 is 12.0 Å². The molecule has 108 valence electrons. The van der Waals surface area contributed by atoms with Crippen molar-refractivity contribution in [3.63, 3.8) is 0 Å². The van der Waals surface area contributed by atoms with Gasteiger partial charge in [-0.25, -0.2) is 18.4 Å². The molecule has 0 aliphatic carbocycles. The molecule has 1 aromatic rings. The summed E-state index contributed by atoms with van der Waals surface area (Å²) in [6.45, 7) is 0.253. The number of benzene rings is 1. The van der Waals surface area contributed by atoms with Gasteiger partial charge in [0.1, 0.15) is 11.9 Å². The number of likely N-dealkylation sites (tertiary alicyclic amines) is 1. The quantitative estimate of drug-likeness (QED) is 0.882. The second-order valence-corrected chi connectivity index (χ2v) is 4.77. The number of anilines is 1. The number of urea groups is 1. The van der Waals surface area contributed by atoms with Gasteiger partial charge in [0.2, 0.25) is 0 Å². The average molecular weight is 305 g/mol. The fraction of sp³-hybridized carbons (Fsp3) is 0.333. The number of rotatable bonds is 2. The van der Waals surface area contributed by atoms with E-state index in [-0.39, 0.29) is 17.3 Å². The van der Waals surface area contributed by atoms with E-state index in [2.05, 4.69) is 5.32 Å². The molecule has 1 heterocycles. The van der Waals surface area contributed by atoms with Crippen LogP contribution in [0.4, 0.5) is 19.3 Å². The minimum Gasteiger partial charge on any atom is -0.480 e. The van der Waals surface area contributed by atoms with Crippen molar-refractivity contribution < 1.29 is 23.5 Å². The summed E-state index contributed by atoms with van der Waals surface area (Å²) >= 11 is 5.65. The first-order chi connectivity index (χ1) is 9.40. The molecule has 1 fully saturated rings. The molecule has 8 heteroatoms. The normalized spacial score (nSPS) is 18.1. The first-order valence-corrected chi connectivity index (χ1v) is 6.23. The van der Waals surface area contributed by atoms with E-state index in [4.69, 9.17) is 16.7 Å². The standard InChI is InChI=1S/C12H11ClF2N2O3/c13-7-4-6(14)5-8(15)10(7)16-12(20)17-3-1-2-9(17)11(18)19/h4-5,9H,1-3H2,(H,16,20)(H,18,19). The van der Waals surface area contributed by atoms with Crippen LogP contribution < -0.4 is 5.32 Å². The number of aliphatic carboxylic acids is 1. The second-order valence-electron chi connectivity index (χ2n) is 4.36. The van der Waals surface area contributed by atoms with Gasteiger partial charge in [-0.3, -0.25) is 0 Å². The minimum absolute atomic E-state index is 0.253. The lowest BCUT2D eigenvalue weighted by atomic mass is 10.2. The van der Waals surface area contributed by atoms with Crippen molar-refractivity contribution >= 4 is 29.3 Å². The van der Waals surface area contributed by atoms with Gasteiger partial charge in [-0.15, -0.1) is 0 Å². The number of hydrogen-bond acceptors (Lipinski definition) is 2. The Bertz CT molecular complexity index is 545. The lowest BCUT2D eigenvalue weighted by molar-refractivity contribution is -0.141. The highest BCUT2D eigenvalue weighted by molar-refractivity contribution is 6.33. The van der Waals surface area contributed by atoms with Crippen LogP contribution in [0.3, 0.4) is 0 Å². The third-order valence-corrected chi connectivity index (χ3v) is 3.34. The number of carboxylic acid groups (broad SMARTS) is 1. The van der Waals surface area contributed by atoms with Crippen molar-refractivity contribution in [1.29, 1.82) is 0 Å². The number of carbonyl (C=O) groups is 2. The van der Waals surface area contributed by atoms with Crippen LogP contribution in [0.1, 0.15) is 12.8 Å². The number of carbonyl (C=O) groups excluding carboxylic acids is 1. The SMILES string of the molecule is O=C(O)C1CCCN1C(=O)Nc1c(F)cc(F)cc1Cl. The summed E-state index contributed by atoms with van der Waals surface area (Å²) in [5, 5.41) is 10.9. The molecule has 0 aromatic heterocycles. The predicted octanol–water partition coefficient (Wildman–Crippen LogP) is 2.70. The van der Waals surface area contributed by atoms with E-state index < -0.39 is 29.7 Å². The topological polar surface area (TPSA) is 69.6 Å². The maximum atomic E-state index is 13.5. The van der Waals surface area contributed by atoms with E-state index in [1.807, 2.05) is 0 Å². The Morgan fingerprint density at radius 2 is 2.10 bits per heavy atom. The van der Waals surface area contributed by atoms with Crippen LogP contribution in [0.2, 0.25) is 5.02 Å². The van der Waals surface area contributed by atoms with E-state index in [9.17, 15) is 18.4 Å². The van der Waals surface area contributed by atoms with E-state index >= 15 is 0 Å². The first kappa shape index (κ1) is 14.5. The van der Waals surface area contributed by atoms with E-state index in [1.54, 1.807) is 0 Å². The first-order valence-electron chi connectivity index (χ1n) is 5.85. The summed E-state index contributed by atoms with van der Waals surface area (Å²) in [6, 6.07) is -0.279. The molecule has 1 aromatic carbocycles. The lowest BCUT2D eigenvalue weighted by Gasteiger charge is -2.22. The molecular weight excluding hydrogens is 294 g/mol. The van der Waals surface area contributed by atoms with Crippen molar-refractivity contribution in [1.82, 2.24) is 4.90 Å². The largest absolute Gasteiger partial charge is 0.480 e. The van der Waals surface area contributed by atoms with Crippen molar-refractivity contribution in [2.24, 2.45) is 0 Å². The molecule has 5 nitrogen and oxygen atoms in total. The second kappa shape index (κ2) is 5.62. The van der Waals surface area contributed by atoms with E-state index in [0.717, 1.165) is 11.0 Å². The fourth-order valence-electron chi connectivity index (χ4n) is 2.11. The molecular formula is C12H11ClF2N2O3. The molecule has 2 rings (SSSR count). The number of nitrogens with one attached hydrogen (secondary N) is 1. The highest BCUT2D eigenvalue weighted by Gasteiger charge is 2.34. The minimum atomic E-state index is -1.12. The van der Waals surface area contributed by atoms with Crippen LogP contribution in [0, 0.1) is 11.6 Å². The van der Waals surface area contributed by atoms with Gasteiger partial charge in [0.05, 0.1) is 10.7 Å². The van der Waals surface area contributed by atoms with Gasteiger partial charge in [-0.2, -0.15) is 0 Å².